The van der Waals surface area contributed by atoms with Crippen molar-refractivity contribution >= 4 is 0 Å². The molecule has 1 aromatic carbocycles. The highest BCUT2D eigenvalue weighted by Crippen LogP contribution is 2.64. The number of rotatable bonds is 9. The van der Waals surface area contributed by atoms with Crippen LogP contribution in [0.2, 0.25) is 0 Å². The van der Waals surface area contributed by atoms with Crippen LogP contribution < -0.4 is 4.74 Å². The van der Waals surface area contributed by atoms with Crippen LogP contribution in [0.5, 0.6) is 11.5 Å². The van der Waals surface area contributed by atoms with Crippen LogP contribution >= 0.6 is 0 Å². The molecule has 0 saturated carbocycles. The number of nitrogens with zero attached hydrogens (tertiary/aromatic N) is 1. The molecule has 0 radical (unpaired) electrons. The fourth-order valence-corrected chi connectivity index (χ4v) is 8.61. The summed E-state index contributed by atoms with van der Waals surface area (Å²) in [6, 6.07) is 1.46. The average Bonchev–Trinajstić information content (AvgIpc) is 3.30. The van der Waals surface area contributed by atoms with Gasteiger partial charge in [-0.1, -0.05) is 57.6 Å². The Labute approximate surface area is 236 Å². The topological polar surface area (TPSA) is 143 Å². The second-order valence-electron chi connectivity index (χ2n) is 12.8. The number of aliphatic hydroxyl groups is 5. The van der Waals surface area contributed by atoms with Crippen molar-refractivity contribution in [2.75, 3.05) is 20.2 Å². The summed E-state index contributed by atoms with van der Waals surface area (Å²) in [5.74, 6) is 0.183. The fourth-order valence-electron chi connectivity index (χ4n) is 8.61. The highest BCUT2D eigenvalue weighted by molar-refractivity contribution is 5.65. The molecule has 6 N–H and O–H groups in total. The van der Waals surface area contributed by atoms with E-state index in [0.29, 0.717) is 25.0 Å². The second kappa shape index (κ2) is 10.5. The molecule has 3 heterocycles. The third-order valence-electron chi connectivity index (χ3n) is 10.7. The Morgan fingerprint density at radius 3 is 2.50 bits per heavy atom. The Balaban J connectivity index is 1.42. The molecule has 6 rings (SSSR count). The molecule has 9 heteroatoms. The molecule has 5 aliphatic rings. The largest absolute Gasteiger partial charge is 0.504 e. The van der Waals surface area contributed by atoms with Gasteiger partial charge in [-0.3, -0.25) is 0 Å². The van der Waals surface area contributed by atoms with Crippen LogP contribution in [0.3, 0.4) is 0 Å². The molecule has 40 heavy (non-hydrogen) atoms. The van der Waals surface area contributed by atoms with Crippen molar-refractivity contribution in [3.63, 3.8) is 0 Å². The number of aliphatic hydroxyl groups excluding tert-OH is 4. The summed E-state index contributed by atoms with van der Waals surface area (Å²) in [4.78, 5) is 2.28. The average molecular weight is 560 g/mol. The van der Waals surface area contributed by atoms with Crippen LogP contribution in [0.1, 0.15) is 75.0 Å². The summed E-state index contributed by atoms with van der Waals surface area (Å²) < 4.78 is 12.3. The maximum absolute atomic E-state index is 12.4. The second-order valence-corrected chi connectivity index (χ2v) is 12.8. The quantitative estimate of drug-likeness (QED) is 0.197. The Morgan fingerprint density at radius 2 is 1.75 bits per heavy atom. The van der Waals surface area contributed by atoms with Gasteiger partial charge in [0.2, 0.25) is 0 Å². The molecule has 0 amide bonds. The van der Waals surface area contributed by atoms with Gasteiger partial charge in [0, 0.05) is 22.9 Å². The molecule has 2 aliphatic carbocycles. The lowest BCUT2D eigenvalue weighted by atomic mass is 9.52. The molecule has 0 aromatic heterocycles. The van der Waals surface area contributed by atoms with Crippen molar-refractivity contribution in [2.45, 2.75) is 118 Å². The van der Waals surface area contributed by atoms with Crippen molar-refractivity contribution in [3.05, 3.63) is 34.9 Å². The summed E-state index contributed by atoms with van der Waals surface area (Å²) in [6.45, 7) is 2.44. The van der Waals surface area contributed by atoms with Gasteiger partial charge in [0.1, 0.15) is 36.1 Å². The number of phenols is 1. The van der Waals surface area contributed by atoms with Gasteiger partial charge in [0.15, 0.2) is 11.5 Å². The van der Waals surface area contributed by atoms with E-state index in [1.807, 2.05) is 0 Å². The van der Waals surface area contributed by atoms with Crippen LogP contribution in [0, 0.1) is 5.92 Å². The minimum atomic E-state index is -2.18. The van der Waals surface area contributed by atoms with E-state index in [2.05, 4.69) is 24.9 Å². The van der Waals surface area contributed by atoms with Crippen LogP contribution in [-0.2, 0) is 22.2 Å². The van der Waals surface area contributed by atoms with Crippen LogP contribution in [0.4, 0.5) is 0 Å². The molecule has 9 nitrogen and oxygen atoms in total. The first-order chi connectivity index (χ1) is 19.2. The number of likely N-dealkylation sites (N-methyl/N-ethyl adjacent to an activating group) is 1. The van der Waals surface area contributed by atoms with E-state index >= 15 is 0 Å². The minimum absolute atomic E-state index is 0.0490. The standard InChI is InChI=1S/C31H45NO8/c1-3-4-5-6-7-8-9-23-27(36)31(38,28(37)24(16-33)39-23)19-15-22(35)26-25-17(19)14-20-18-10-11-21(34)29(40-26)30(18,25)12-13-32(20)2/h10-11,15,18,20-21,23-24,27-29,33-38H,3-9,12-14,16H2,1-2H3/t18-,20+,21-,23?,24+,27-,28+,29-,30-,31+/m0/s1. The zero-order valence-corrected chi connectivity index (χ0v) is 23.6. The van der Waals surface area contributed by atoms with Crippen LogP contribution in [0.15, 0.2) is 18.2 Å². The van der Waals surface area contributed by atoms with Gasteiger partial charge in [-0.2, -0.15) is 0 Å². The van der Waals surface area contributed by atoms with E-state index in [4.69, 9.17) is 9.47 Å². The highest BCUT2D eigenvalue weighted by atomic mass is 16.5. The number of unbranched alkanes of at least 4 members (excludes halogenated alkanes) is 5. The van der Waals surface area contributed by atoms with Gasteiger partial charge >= 0.3 is 0 Å². The molecular weight excluding hydrogens is 514 g/mol. The molecule has 2 saturated heterocycles. The minimum Gasteiger partial charge on any atom is -0.504 e. The lowest BCUT2D eigenvalue weighted by Crippen LogP contribution is -2.67. The van der Waals surface area contributed by atoms with Gasteiger partial charge in [-0.25, -0.2) is 0 Å². The molecule has 1 aromatic rings. The van der Waals surface area contributed by atoms with Crippen molar-refractivity contribution < 1.29 is 40.1 Å². The molecular formula is C31H45NO8. The predicted octanol–water partition coefficient (Wildman–Crippen LogP) is 1.62. The summed E-state index contributed by atoms with van der Waals surface area (Å²) in [6.07, 6.45) is 5.47. The molecule has 2 fully saturated rings. The Hall–Kier alpha value is -1.72. The van der Waals surface area contributed by atoms with E-state index in [1.54, 1.807) is 6.08 Å². The fraction of sp³-hybridized carbons (Fsp3) is 0.742. The van der Waals surface area contributed by atoms with Crippen molar-refractivity contribution in [3.8, 4) is 11.5 Å². The lowest BCUT2D eigenvalue weighted by Gasteiger charge is -2.57. The van der Waals surface area contributed by atoms with Crippen LogP contribution in [0.25, 0.3) is 0 Å². The van der Waals surface area contributed by atoms with E-state index < -0.39 is 54.2 Å². The molecule has 2 bridgehead atoms. The molecule has 1 unspecified atom stereocenters. The van der Waals surface area contributed by atoms with Gasteiger partial charge < -0.3 is 45.0 Å². The lowest BCUT2D eigenvalue weighted by molar-refractivity contribution is -0.282. The Morgan fingerprint density at radius 1 is 1.02 bits per heavy atom. The molecule has 10 atom stereocenters. The van der Waals surface area contributed by atoms with Crippen molar-refractivity contribution in [1.29, 1.82) is 0 Å². The SMILES string of the molecule is CCCCCCCCC1O[C@H](CO)[C@@H](O)[C@@](O)(c2cc(O)c3c4c2C[C@@H]2[C@@H]5C=C[C@H](O)[C@H](O3)[C@]45CCN2C)[C@H]1O. The van der Waals surface area contributed by atoms with Gasteiger partial charge in [-0.15, -0.1) is 0 Å². The molecule has 222 valence electrons. The zero-order valence-electron chi connectivity index (χ0n) is 23.6. The maximum atomic E-state index is 12.4. The van der Waals surface area contributed by atoms with Crippen molar-refractivity contribution in [2.24, 2.45) is 5.92 Å². The number of piperidine rings is 1. The first-order valence-corrected chi connectivity index (χ1v) is 15.2. The number of ether oxygens (including phenoxy) is 2. The smallest absolute Gasteiger partial charge is 0.165 e. The first-order valence-electron chi connectivity index (χ1n) is 15.2. The number of hydrogen-bond donors (Lipinski definition) is 6. The van der Waals surface area contributed by atoms with Crippen LogP contribution in [-0.4, -0.2) is 98.4 Å². The summed E-state index contributed by atoms with van der Waals surface area (Å²) in [5.41, 5.74) is -1.00. The van der Waals surface area contributed by atoms with Gasteiger partial charge in [-0.05, 0) is 50.0 Å². The van der Waals surface area contributed by atoms with Gasteiger partial charge in [0.25, 0.3) is 0 Å². The van der Waals surface area contributed by atoms with Crippen molar-refractivity contribution in [1.82, 2.24) is 4.90 Å². The third kappa shape index (κ3) is 3.92. The number of phenolic OH excluding ortho intramolecular Hbond substituents is 1. The number of hydrogen-bond acceptors (Lipinski definition) is 9. The van der Waals surface area contributed by atoms with E-state index in [9.17, 15) is 30.6 Å². The Kier molecular flexibility index (Phi) is 7.47. The zero-order chi connectivity index (χ0) is 28.4. The number of likely N-dealkylation sites (tertiary alicyclic amines) is 1. The summed E-state index contributed by atoms with van der Waals surface area (Å²) in [5, 5.41) is 67.8. The normalized spacial score (nSPS) is 41.6. The van der Waals surface area contributed by atoms with E-state index in [1.165, 1.54) is 12.5 Å². The summed E-state index contributed by atoms with van der Waals surface area (Å²) >= 11 is 0. The summed E-state index contributed by atoms with van der Waals surface area (Å²) in [7, 11) is 2.07. The first kappa shape index (κ1) is 28.4. The van der Waals surface area contributed by atoms with Gasteiger partial charge in [0.05, 0.1) is 12.7 Å². The number of aromatic hydroxyl groups is 1. The van der Waals surface area contributed by atoms with E-state index in [-0.39, 0.29) is 23.3 Å². The third-order valence-corrected chi connectivity index (χ3v) is 10.7. The highest BCUT2D eigenvalue weighted by Gasteiger charge is 2.66. The molecule has 3 aliphatic heterocycles. The van der Waals surface area contributed by atoms with E-state index in [0.717, 1.165) is 49.8 Å². The maximum Gasteiger partial charge on any atom is 0.165 e. The Bertz CT molecular complexity index is 1140. The molecule has 1 spiro atoms. The predicted molar refractivity (Wildman–Crippen MR) is 147 cm³/mol. The monoisotopic (exact) mass is 559 g/mol. The number of benzene rings is 1.